The molecule has 1 aromatic carbocycles. The summed E-state index contributed by atoms with van der Waals surface area (Å²) in [5.74, 6) is 1.03. The van der Waals surface area contributed by atoms with E-state index < -0.39 is 0 Å². The molecule has 0 atom stereocenters. The van der Waals surface area contributed by atoms with Crippen molar-refractivity contribution in [3.63, 3.8) is 0 Å². The smallest absolute Gasteiger partial charge is 0.128 e. The van der Waals surface area contributed by atoms with Crippen molar-refractivity contribution < 1.29 is 0 Å². The fourth-order valence-corrected chi connectivity index (χ4v) is 1.42. The van der Waals surface area contributed by atoms with Crippen LogP contribution < -0.4 is 5.32 Å². The third kappa shape index (κ3) is 1.72. The van der Waals surface area contributed by atoms with Gasteiger partial charge in [-0.3, -0.25) is 4.99 Å². The molecule has 0 saturated heterocycles. The SMILES string of the molecule is C[CH]c1ccc(C2=NCCN2)cc1. The van der Waals surface area contributed by atoms with Crippen LogP contribution in [0.3, 0.4) is 0 Å². The minimum atomic E-state index is 0.900. The fraction of sp³-hybridized carbons (Fsp3) is 0.273. The molecule has 2 heteroatoms. The van der Waals surface area contributed by atoms with Crippen molar-refractivity contribution in [3.05, 3.63) is 41.8 Å². The molecule has 0 aromatic heterocycles. The Balaban J connectivity index is 2.22. The fourth-order valence-electron chi connectivity index (χ4n) is 1.42. The first-order chi connectivity index (χ1) is 6.40. The van der Waals surface area contributed by atoms with E-state index in [2.05, 4.69) is 41.0 Å². The molecule has 1 aliphatic rings. The molecule has 2 nitrogen and oxygen atoms in total. The van der Waals surface area contributed by atoms with E-state index in [1.54, 1.807) is 0 Å². The molecular weight excluding hydrogens is 160 g/mol. The molecule has 0 bridgehead atoms. The quantitative estimate of drug-likeness (QED) is 0.722. The lowest BCUT2D eigenvalue weighted by atomic mass is 10.1. The van der Waals surface area contributed by atoms with Gasteiger partial charge < -0.3 is 5.32 Å². The zero-order valence-electron chi connectivity index (χ0n) is 7.75. The van der Waals surface area contributed by atoms with Gasteiger partial charge in [0.2, 0.25) is 0 Å². The molecule has 1 N–H and O–H groups in total. The number of benzene rings is 1. The van der Waals surface area contributed by atoms with Gasteiger partial charge in [-0.25, -0.2) is 0 Å². The maximum atomic E-state index is 4.36. The van der Waals surface area contributed by atoms with E-state index in [-0.39, 0.29) is 0 Å². The lowest BCUT2D eigenvalue weighted by molar-refractivity contribution is 0.960. The van der Waals surface area contributed by atoms with Crippen LogP contribution in [0.4, 0.5) is 0 Å². The Kier molecular flexibility index (Phi) is 2.30. The first-order valence-electron chi connectivity index (χ1n) is 4.58. The van der Waals surface area contributed by atoms with E-state index in [0.717, 1.165) is 18.9 Å². The molecule has 0 fully saturated rings. The Morgan fingerprint density at radius 2 is 2.08 bits per heavy atom. The Hall–Kier alpha value is -1.31. The van der Waals surface area contributed by atoms with Crippen LogP contribution in [0.25, 0.3) is 0 Å². The minimum Gasteiger partial charge on any atom is -0.368 e. The van der Waals surface area contributed by atoms with Crippen molar-refractivity contribution in [2.45, 2.75) is 6.92 Å². The predicted octanol–water partition coefficient (Wildman–Crippen LogP) is 1.61. The van der Waals surface area contributed by atoms with Crippen molar-refractivity contribution in [1.82, 2.24) is 5.32 Å². The largest absolute Gasteiger partial charge is 0.368 e. The highest BCUT2D eigenvalue weighted by Crippen LogP contribution is 2.07. The second kappa shape index (κ2) is 3.60. The molecule has 0 spiro atoms. The summed E-state index contributed by atoms with van der Waals surface area (Å²) in [6, 6.07) is 8.43. The summed E-state index contributed by atoms with van der Waals surface area (Å²) >= 11 is 0. The van der Waals surface area contributed by atoms with Gasteiger partial charge in [-0.05, 0) is 12.0 Å². The van der Waals surface area contributed by atoms with Crippen LogP contribution in [-0.4, -0.2) is 18.9 Å². The van der Waals surface area contributed by atoms with Crippen LogP contribution in [-0.2, 0) is 0 Å². The molecule has 0 saturated carbocycles. The summed E-state index contributed by atoms with van der Waals surface area (Å²) in [4.78, 5) is 4.36. The molecule has 1 radical (unpaired) electrons. The molecule has 13 heavy (non-hydrogen) atoms. The molecule has 2 rings (SSSR count). The van der Waals surface area contributed by atoms with Crippen LogP contribution in [0.5, 0.6) is 0 Å². The zero-order valence-corrected chi connectivity index (χ0v) is 7.75. The Morgan fingerprint density at radius 1 is 1.31 bits per heavy atom. The van der Waals surface area contributed by atoms with Crippen LogP contribution in [0.1, 0.15) is 18.1 Å². The number of hydrogen-bond donors (Lipinski definition) is 1. The first-order valence-corrected chi connectivity index (χ1v) is 4.58. The summed E-state index contributed by atoms with van der Waals surface area (Å²) in [6.45, 7) is 3.91. The van der Waals surface area contributed by atoms with Crippen molar-refractivity contribution in [2.75, 3.05) is 13.1 Å². The van der Waals surface area contributed by atoms with E-state index in [1.165, 1.54) is 11.1 Å². The summed E-state index contributed by atoms with van der Waals surface area (Å²) in [7, 11) is 0. The van der Waals surface area contributed by atoms with Crippen molar-refractivity contribution >= 4 is 5.84 Å². The van der Waals surface area contributed by atoms with E-state index in [4.69, 9.17) is 0 Å². The number of amidine groups is 1. The average Bonchev–Trinajstić information content (AvgIpc) is 2.71. The maximum Gasteiger partial charge on any atom is 0.128 e. The highest BCUT2D eigenvalue weighted by atomic mass is 15.1. The van der Waals surface area contributed by atoms with Crippen molar-refractivity contribution in [2.24, 2.45) is 4.99 Å². The van der Waals surface area contributed by atoms with Gasteiger partial charge in [-0.2, -0.15) is 0 Å². The van der Waals surface area contributed by atoms with E-state index in [0.29, 0.717) is 0 Å². The normalized spacial score (nSPS) is 15.3. The van der Waals surface area contributed by atoms with Gasteiger partial charge >= 0.3 is 0 Å². The van der Waals surface area contributed by atoms with Gasteiger partial charge in [-0.15, -0.1) is 0 Å². The van der Waals surface area contributed by atoms with Gasteiger partial charge in [0.05, 0.1) is 6.54 Å². The second-order valence-electron chi connectivity index (χ2n) is 3.07. The number of nitrogens with zero attached hydrogens (tertiary/aromatic N) is 1. The van der Waals surface area contributed by atoms with Gasteiger partial charge in [0, 0.05) is 12.1 Å². The van der Waals surface area contributed by atoms with Crippen LogP contribution >= 0.6 is 0 Å². The standard InChI is InChI=1S/C11H13N2/c1-2-9-3-5-10(6-4-9)11-12-7-8-13-11/h2-6H,7-8H2,1H3,(H,12,13). The van der Waals surface area contributed by atoms with Crippen molar-refractivity contribution in [1.29, 1.82) is 0 Å². The molecule has 0 aliphatic carbocycles. The Labute approximate surface area is 78.7 Å². The van der Waals surface area contributed by atoms with Crippen LogP contribution in [0, 0.1) is 6.42 Å². The number of hydrogen-bond acceptors (Lipinski definition) is 2. The third-order valence-corrected chi connectivity index (χ3v) is 2.19. The summed E-state index contributed by atoms with van der Waals surface area (Å²) in [5.41, 5.74) is 2.44. The number of aliphatic imine (C=N–C) groups is 1. The van der Waals surface area contributed by atoms with Crippen LogP contribution in [0.15, 0.2) is 29.3 Å². The minimum absolute atomic E-state index is 0.900. The Bertz CT molecular complexity index is 311. The lowest BCUT2D eigenvalue weighted by Crippen LogP contribution is -2.19. The maximum absolute atomic E-state index is 4.36. The molecule has 0 amide bonds. The van der Waals surface area contributed by atoms with Gasteiger partial charge in [-0.1, -0.05) is 31.2 Å². The topological polar surface area (TPSA) is 24.4 Å². The lowest BCUT2D eigenvalue weighted by Gasteiger charge is -2.02. The average molecular weight is 173 g/mol. The van der Waals surface area contributed by atoms with Gasteiger partial charge in [0.15, 0.2) is 0 Å². The third-order valence-electron chi connectivity index (χ3n) is 2.19. The van der Waals surface area contributed by atoms with Gasteiger partial charge in [0.1, 0.15) is 5.84 Å². The molecule has 1 aliphatic heterocycles. The molecule has 1 heterocycles. The van der Waals surface area contributed by atoms with E-state index in [9.17, 15) is 0 Å². The summed E-state index contributed by atoms with van der Waals surface area (Å²) < 4.78 is 0. The van der Waals surface area contributed by atoms with E-state index >= 15 is 0 Å². The highest BCUT2D eigenvalue weighted by Gasteiger charge is 2.06. The highest BCUT2D eigenvalue weighted by molar-refractivity contribution is 5.99. The molecular formula is C11H13N2. The zero-order chi connectivity index (χ0) is 9.10. The van der Waals surface area contributed by atoms with Crippen LogP contribution in [0.2, 0.25) is 0 Å². The van der Waals surface area contributed by atoms with Crippen molar-refractivity contribution in [3.8, 4) is 0 Å². The number of nitrogens with one attached hydrogen (secondary N) is 1. The summed E-state index contributed by atoms with van der Waals surface area (Å²) in [5, 5.41) is 3.25. The predicted molar refractivity (Wildman–Crippen MR) is 54.9 cm³/mol. The molecule has 0 unspecified atom stereocenters. The monoisotopic (exact) mass is 173 g/mol. The Morgan fingerprint density at radius 3 is 2.62 bits per heavy atom. The molecule has 1 aromatic rings. The number of rotatable bonds is 2. The van der Waals surface area contributed by atoms with Gasteiger partial charge in [0.25, 0.3) is 0 Å². The second-order valence-corrected chi connectivity index (χ2v) is 3.07. The molecule has 67 valence electrons. The first kappa shape index (κ1) is 8.30. The van der Waals surface area contributed by atoms with E-state index in [1.807, 2.05) is 6.92 Å². The summed E-state index contributed by atoms with van der Waals surface area (Å²) in [6.07, 6.45) is 2.09.